The van der Waals surface area contributed by atoms with E-state index in [9.17, 15) is 14.4 Å². The number of aryl methyl sites for hydroxylation is 1. The maximum atomic E-state index is 13.9. The quantitative estimate of drug-likeness (QED) is 0.374. The summed E-state index contributed by atoms with van der Waals surface area (Å²) in [6.45, 7) is 5.82. The van der Waals surface area contributed by atoms with Gasteiger partial charge in [-0.1, -0.05) is 29.8 Å². The molecule has 0 saturated carbocycles. The summed E-state index contributed by atoms with van der Waals surface area (Å²) in [5, 5.41) is 0.683. The molecule has 0 aliphatic carbocycles. The van der Waals surface area contributed by atoms with Crippen LogP contribution in [0, 0.1) is 6.92 Å². The first-order valence-corrected chi connectivity index (χ1v) is 12.3. The minimum absolute atomic E-state index is 0.0136. The van der Waals surface area contributed by atoms with Crippen LogP contribution >= 0.6 is 0 Å². The molecular weight excluding hydrogens is 472 g/mol. The van der Waals surface area contributed by atoms with Crippen molar-refractivity contribution in [3.63, 3.8) is 0 Å². The van der Waals surface area contributed by atoms with E-state index in [-0.39, 0.29) is 30.4 Å². The van der Waals surface area contributed by atoms with Crippen LogP contribution in [-0.2, 0) is 11.3 Å². The molecule has 1 amide bonds. The number of rotatable bonds is 6. The van der Waals surface area contributed by atoms with Crippen LogP contribution in [0.4, 0.5) is 5.69 Å². The molecule has 4 aromatic rings. The first-order valence-electron chi connectivity index (χ1n) is 12.3. The molecule has 1 aliphatic rings. The number of hydrogen-bond acceptors (Lipinski definition) is 7. The van der Waals surface area contributed by atoms with E-state index in [2.05, 4.69) is 4.98 Å². The Kier molecular flexibility index (Phi) is 6.76. The zero-order valence-electron chi connectivity index (χ0n) is 20.8. The average Bonchev–Trinajstić information content (AvgIpc) is 3.46. The molecule has 0 spiro atoms. The van der Waals surface area contributed by atoms with E-state index in [0.717, 1.165) is 11.1 Å². The molecule has 0 unspecified atom stereocenters. The van der Waals surface area contributed by atoms with Crippen LogP contribution in [0.15, 0.2) is 70.2 Å². The second-order valence-corrected chi connectivity index (χ2v) is 8.95. The number of aromatic nitrogens is 2. The molecule has 9 nitrogen and oxygen atoms in total. The van der Waals surface area contributed by atoms with Crippen molar-refractivity contribution in [1.82, 2.24) is 14.5 Å². The summed E-state index contributed by atoms with van der Waals surface area (Å²) in [5.41, 5.74) is 2.56. The van der Waals surface area contributed by atoms with Gasteiger partial charge in [0.15, 0.2) is 5.76 Å². The molecule has 0 N–H and O–H groups in total. The van der Waals surface area contributed by atoms with Gasteiger partial charge in [0.05, 0.1) is 25.1 Å². The predicted octanol–water partition coefficient (Wildman–Crippen LogP) is 3.49. The minimum Gasteiger partial charge on any atom is -0.462 e. The van der Waals surface area contributed by atoms with Gasteiger partial charge in [0.2, 0.25) is 0 Å². The van der Waals surface area contributed by atoms with Crippen LogP contribution in [0.1, 0.15) is 39.0 Å². The number of carbonyl (C=O) groups is 2. The zero-order valence-corrected chi connectivity index (χ0v) is 20.8. The smallest absolute Gasteiger partial charge is 0.345 e. The Bertz CT molecular complexity index is 1480. The number of furan rings is 1. The third-order valence-electron chi connectivity index (χ3n) is 6.55. The molecule has 1 aromatic carbocycles. The normalized spacial score (nSPS) is 13.7. The maximum absolute atomic E-state index is 13.9. The van der Waals surface area contributed by atoms with Gasteiger partial charge in [0.25, 0.3) is 11.5 Å². The summed E-state index contributed by atoms with van der Waals surface area (Å²) in [5.74, 6) is -0.565. The molecule has 1 aliphatic heterocycles. The van der Waals surface area contributed by atoms with Crippen molar-refractivity contribution in [2.24, 2.45) is 0 Å². The fourth-order valence-corrected chi connectivity index (χ4v) is 4.69. The van der Waals surface area contributed by atoms with Gasteiger partial charge in [-0.2, -0.15) is 0 Å². The number of nitrogens with zero attached hydrogens (tertiary/aromatic N) is 4. The summed E-state index contributed by atoms with van der Waals surface area (Å²) >= 11 is 0. The lowest BCUT2D eigenvalue weighted by atomic mass is 10.1. The van der Waals surface area contributed by atoms with E-state index in [1.54, 1.807) is 36.2 Å². The molecule has 0 atom stereocenters. The number of fused-ring (bicyclic) bond motifs is 1. The Morgan fingerprint density at radius 3 is 2.46 bits per heavy atom. The van der Waals surface area contributed by atoms with Gasteiger partial charge in [-0.25, -0.2) is 9.78 Å². The van der Waals surface area contributed by atoms with E-state index < -0.39 is 11.5 Å². The monoisotopic (exact) mass is 500 g/mol. The van der Waals surface area contributed by atoms with Crippen LogP contribution in [0.3, 0.4) is 0 Å². The number of carbonyl (C=O) groups excluding carboxylic acids is 2. The first-order chi connectivity index (χ1) is 18.0. The largest absolute Gasteiger partial charge is 0.462 e. The SMILES string of the molecule is CCOC(=O)c1c(N2CCN(C(=O)c3ccco3)CC2)c2cccnc2n(Cc2ccc(C)cc2)c1=O. The highest BCUT2D eigenvalue weighted by molar-refractivity contribution is 6.04. The van der Waals surface area contributed by atoms with Crippen LogP contribution in [0.25, 0.3) is 11.0 Å². The summed E-state index contributed by atoms with van der Waals surface area (Å²) in [4.78, 5) is 48.0. The average molecular weight is 501 g/mol. The Morgan fingerprint density at radius 2 is 1.78 bits per heavy atom. The minimum atomic E-state index is -0.667. The number of anilines is 1. The molecule has 9 heteroatoms. The van der Waals surface area contributed by atoms with Crippen LogP contribution in [0.5, 0.6) is 0 Å². The van der Waals surface area contributed by atoms with Crippen LogP contribution in [0.2, 0.25) is 0 Å². The van der Waals surface area contributed by atoms with E-state index in [4.69, 9.17) is 9.15 Å². The van der Waals surface area contributed by atoms with Gasteiger partial charge in [0, 0.05) is 37.8 Å². The number of benzene rings is 1. The topological polar surface area (TPSA) is 97.9 Å². The van der Waals surface area contributed by atoms with E-state index in [1.807, 2.05) is 42.2 Å². The maximum Gasteiger partial charge on any atom is 0.345 e. The number of piperazine rings is 1. The van der Waals surface area contributed by atoms with E-state index in [0.29, 0.717) is 42.9 Å². The second kappa shape index (κ2) is 10.3. The Balaban J connectivity index is 1.57. The summed E-state index contributed by atoms with van der Waals surface area (Å²) < 4.78 is 12.1. The molecule has 0 bridgehead atoms. The third-order valence-corrected chi connectivity index (χ3v) is 6.55. The van der Waals surface area contributed by atoms with Gasteiger partial charge < -0.3 is 19.0 Å². The standard InChI is InChI=1S/C28H28N4O5/c1-3-36-28(35)23-24(30-13-15-31(16-14-30)26(33)22-7-5-17-37-22)21-6-4-12-29-25(21)32(27(23)34)18-20-10-8-19(2)9-11-20/h4-12,17H,3,13-16,18H2,1-2H3. The number of pyridine rings is 2. The number of ether oxygens (including phenoxy) is 1. The van der Waals surface area contributed by atoms with Gasteiger partial charge in [-0.15, -0.1) is 0 Å². The van der Waals surface area contributed by atoms with Crippen molar-refractivity contribution in [2.45, 2.75) is 20.4 Å². The lowest BCUT2D eigenvalue weighted by Gasteiger charge is -2.37. The van der Waals surface area contributed by atoms with Crippen molar-refractivity contribution in [2.75, 3.05) is 37.7 Å². The highest BCUT2D eigenvalue weighted by Crippen LogP contribution is 2.30. The molecule has 3 aromatic heterocycles. The third kappa shape index (κ3) is 4.72. The van der Waals surface area contributed by atoms with E-state index >= 15 is 0 Å². The van der Waals surface area contributed by atoms with Crippen molar-refractivity contribution in [3.05, 3.63) is 93.8 Å². The highest BCUT2D eigenvalue weighted by atomic mass is 16.5. The summed E-state index contributed by atoms with van der Waals surface area (Å²) in [7, 11) is 0. The van der Waals surface area contributed by atoms with Gasteiger partial charge in [-0.3, -0.25) is 14.2 Å². The fourth-order valence-electron chi connectivity index (χ4n) is 4.69. The molecule has 37 heavy (non-hydrogen) atoms. The summed E-state index contributed by atoms with van der Waals surface area (Å²) in [6.07, 6.45) is 3.11. The lowest BCUT2D eigenvalue weighted by molar-refractivity contribution is 0.0523. The van der Waals surface area contributed by atoms with Gasteiger partial charge in [0.1, 0.15) is 11.2 Å². The highest BCUT2D eigenvalue weighted by Gasteiger charge is 2.31. The number of amides is 1. The number of esters is 1. The van der Waals surface area contributed by atoms with Crippen molar-refractivity contribution < 1.29 is 18.7 Å². The molecule has 190 valence electrons. The lowest BCUT2D eigenvalue weighted by Crippen LogP contribution is -2.49. The molecule has 0 radical (unpaired) electrons. The van der Waals surface area contributed by atoms with Crippen molar-refractivity contribution in [3.8, 4) is 0 Å². The van der Waals surface area contributed by atoms with Gasteiger partial charge in [-0.05, 0) is 43.7 Å². The zero-order chi connectivity index (χ0) is 25.9. The van der Waals surface area contributed by atoms with Crippen molar-refractivity contribution in [1.29, 1.82) is 0 Å². The van der Waals surface area contributed by atoms with Crippen molar-refractivity contribution >= 4 is 28.6 Å². The molecule has 4 heterocycles. The molecule has 1 saturated heterocycles. The Labute approximate surface area is 213 Å². The fraction of sp³-hybridized carbons (Fsp3) is 0.286. The first kappa shape index (κ1) is 24.3. The van der Waals surface area contributed by atoms with Crippen LogP contribution in [-0.4, -0.2) is 59.1 Å². The number of hydrogen-bond donors (Lipinski definition) is 0. The molecule has 1 fully saturated rings. The van der Waals surface area contributed by atoms with E-state index in [1.165, 1.54) is 10.8 Å². The Morgan fingerprint density at radius 1 is 1.03 bits per heavy atom. The second-order valence-electron chi connectivity index (χ2n) is 8.95. The molecular formula is C28H28N4O5. The van der Waals surface area contributed by atoms with Gasteiger partial charge >= 0.3 is 5.97 Å². The predicted molar refractivity (Wildman–Crippen MR) is 139 cm³/mol. The van der Waals surface area contributed by atoms with Crippen LogP contribution < -0.4 is 10.5 Å². The molecule has 5 rings (SSSR count). The summed E-state index contributed by atoms with van der Waals surface area (Å²) in [6, 6.07) is 14.9. The Hall–Kier alpha value is -4.40.